The predicted molar refractivity (Wildman–Crippen MR) is 77.1 cm³/mol. The largest absolute Gasteiger partial charge is 0.392 e. The van der Waals surface area contributed by atoms with E-state index in [4.69, 9.17) is 18.0 Å². The quantitative estimate of drug-likeness (QED) is 0.814. The van der Waals surface area contributed by atoms with Crippen molar-refractivity contribution in [2.24, 2.45) is 5.73 Å². The summed E-state index contributed by atoms with van der Waals surface area (Å²) in [5, 5.41) is 0. The molecule has 0 radical (unpaired) electrons. The van der Waals surface area contributed by atoms with Gasteiger partial charge in [0.1, 0.15) is 5.82 Å². The fourth-order valence-electron chi connectivity index (χ4n) is 1.91. The zero-order valence-corrected chi connectivity index (χ0v) is 12.7. The van der Waals surface area contributed by atoms with E-state index in [0.29, 0.717) is 17.5 Å². The lowest BCUT2D eigenvalue weighted by Crippen LogP contribution is -2.43. The molecule has 0 aromatic heterocycles. The number of benzene rings is 1. The monoisotopic (exact) mass is 304 g/mol. The molecule has 1 aromatic carbocycles. The molecule has 19 heavy (non-hydrogen) atoms. The van der Waals surface area contributed by atoms with Gasteiger partial charge in [0.2, 0.25) is 10.0 Å². The molecule has 106 valence electrons. The zero-order valence-electron chi connectivity index (χ0n) is 11.0. The second-order valence-electron chi connectivity index (χ2n) is 4.35. The van der Waals surface area contributed by atoms with Crippen LogP contribution in [0.3, 0.4) is 0 Å². The van der Waals surface area contributed by atoms with Crippen molar-refractivity contribution in [1.82, 2.24) is 4.72 Å². The molecule has 3 N–H and O–H groups in total. The Morgan fingerprint density at radius 1 is 1.42 bits per heavy atom. The molecule has 1 atom stereocenters. The van der Waals surface area contributed by atoms with Gasteiger partial charge in [0.15, 0.2) is 0 Å². The highest BCUT2D eigenvalue weighted by Gasteiger charge is 2.24. The minimum absolute atomic E-state index is 0.0728. The predicted octanol–water partition coefficient (Wildman–Crippen LogP) is 1.79. The third-order valence-corrected chi connectivity index (χ3v) is 4.80. The van der Waals surface area contributed by atoms with Crippen molar-refractivity contribution >= 4 is 27.2 Å². The van der Waals surface area contributed by atoms with E-state index in [1.165, 1.54) is 12.1 Å². The Hall–Kier alpha value is -1.05. The third-order valence-electron chi connectivity index (χ3n) is 2.74. The topological polar surface area (TPSA) is 72.2 Å². The number of halogens is 1. The van der Waals surface area contributed by atoms with Crippen LogP contribution < -0.4 is 10.5 Å². The molecule has 1 aromatic rings. The highest BCUT2D eigenvalue weighted by Crippen LogP contribution is 2.21. The summed E-state index contributed by atoms with van der Waals surface area (Å²) in [4.78, 5) is 0.159. The average molecular weight is 304 g/mol. The van der Waals surface area contributed by atoms with Gasteiger partial charge in [-0.05, 0) is 43.5 Å². The molecule has 0 aliphatic carbocycles. The van der Waals surface area contributed by atoms with E-state index in [0.717, 1.165) is 0 Å². The zero-order chi connectivity index (χ0) is 14.8. The first-order valence-corrected chi connectivity index (χ1v) is 7.66. The summed E-state index contributed by atoms with van der Waals surface area (Å²) in [7, 11) is -3.78. The molecule has 0 saturated heterocycles. The Kier molecular flexibility index (Phi) is 5.00. The molecular formula is C12H17FN2O2S2. The molecule has 0 fully saturated rings. The standard InChI is InChI=1S/C12H17FN2O2S2/c1-4-10(12(14)18)15-19(16,17)11-7(2)5-9(13)6-8(11)3/h5-6,10,15H,4H2,1-3H3,(H2,14,18). The van der Waals surface area contributed by atoms with Gasteiger partial charge < -0.3 is 5.73 Å². The van der Waals surface area contributed by atoms with Crippen LogP contribution in [0.1, 0.15) is 24.5 Å². The van der Waals surface area contributed by atoms with Crippen molar-refractivity contribution < 1.29 is 12.8 Å². The van der Waals surface area contributed by atoms with E-state index < -0.39 is 21.9 Å². The van der Waals surface area contributed by atoms with Gasteiger partial charge in [-0.15, -0.1) is 0 Å². The van der Waals surface area contributed by atoms with Crippen molar-refractivity contribution in [3.8, 4) is 0 Å². The molecule has 7 heteroatoms. The number of nitrogens with one attached hydrogen (secondary N) is 1. The van der Waals surface area contributed by atoms with Crippen LogP contribution in [0.4, 0.5) is 4.39 Å². The summed E-state index contributed by atoms with van der Waals surface area (Å²) in [6.45, 7) is 4.87. The summed E-state index contributed by atoms with van der Waals surface area (Å²) >= 11 is 4.81. The van der Waals surface area contributed by atoms with E-state index in [9.17, 15) is 12.8 Å². The number of hydrogen-bond acceptors (Lipinski definition) is 3. The SMILES string of the molecule is CCC(NS(=O)(=O)c1c(C)cc(F)cc1C)C(N)=S. The maximum Gasteiger partial charge on any atom is 0.241 e. The molecule has 0 saturated carbocycles. The lowest BCUT2D eigenvalue weighted by Gasteiger charge is -2.18. The molecule has 0 aliphatic heterocycles. The normalized spacial score (nSPS) is 13.3. The summed E-state index contributed by atoms with van der Waals surface area (Å²) in [5.41, 5.74) is 6.18. The van der Waals surface area contributed by atoms with Gasteiger partial charge in [0, 0.05) is 0 Å². The molecule has 0 aliphatic rings. The number of sulfonamides is 1. The van der Waals surface area contributed by atoms with Crippen molar-refractivity contribution in [3.63, 3.8) is 0 Å². The third kappa shape index (κ3) is 3.71. The van der Waals surface area contributed by atoms with Crippen molar-refractivity contribution in [2.45, 2.75) is 38.1 Å². The van der Waals surface area contributed by atoms with Gasteiger partial charge in [-0.25, -0.2) is 17.5 Å². The lowest BCUT2D eigenvalue weighted by atomic mass is 10.1. The molecule has 4 nitrogen and oxygen atoms in total. The fraction of sp³-hybridized carbons (Fsp3) is 0.417. The highest BCUT2D eigenvalue weighted by atomic mass is 32.2. The van der Waals surface area contributed by atoms with Crippen LogP contribution >= 0.6 is 12.2 Å². The van der Waals surface area contributed by atoms with Crippen molar-refractivity contribution in [3.05, 3.63) is 29.1 Å². The minimum atomic E-state index is -3.78. The summed E-state index contributed by atoms with van der Waals surface area (Å²) in [5.74, 6) is -0.463. The summed E-state index contributed by atoms with van der Waals surface area (Å²) in [6, 6.07) is 1.76. The Morgan fingerprint density at radius 2 is 1.89 bits per heavy atom. The summed E-state index contributed by atoms with van der Waals surface area (Å²) in [6.07, 6.45) is 0.452. The Labute approximate surface area is 118 Å². The smallest absolute Gasteiger partial charge is 0.241 e. The van der Waals surface area contributed by atoms with Gasteiger partial charge >= 0.3 is 0 Å². The van der Waals surface area contributed by atoms with Crippen molar-refractivity contribution in [1.29, 1.82) is 0 Å². The molecular weight excluding hydrogens is 287 g/mol. The fourth-order valence-corrected chi connectivity index (χ4v) is 3.96. The highest BCUT2D eigenvalue weighted by molar-refractivity contribution is 7.89. The van der Waals surface area contributed by atoms with Crippen LogP contribution in [-0.2, 0) is 10.0 Å². The first-order valence-electron chi connectivity index (χ1n) is 5.77. The van der Waals surface area contributed by atoms with Crippen LogP contribution in [-0.4, -0.2) is 19.4 Å². The number of hydrogen-bond donors (Lipinski definition) is 2. The van der Waals surface area contributed by atoms with Gasteiger partial charge in [0.05, 0.1) is 15.9 Å². The van der Waals surface area contributed by atoms with Crippen LogP contribution in [0.25, 0.3) is 0 Å². The molecule has 0 bridgehead atoms. The second kappa shape index (κ2) is 5.94. The first kappa shape index (κ1) is 16.0. The second-order valence-corrected chi connectivity index (χ2v) is 6.48. The Bertz CT molecular complexity index is 577. The van der Waals surface area contributed by atoms with E-state index in [1.807, 2.05) is 0 Å². The van der Waals surface area contributed by atoms with Crippen LogP contribution in [0.15, 0.2) is 17.0 Å². The van der Waals surface area contributed by atoms with E-state index in [1.54, 1.807) is 20.8 Å². The van der Waals surface area contributed by atoms with Gasteiger partial charge in [-0.2, -0.15) is 0 Å². The molecule has 0 spiro atoms. The number of thiocarbonyl (C=S) groups is 1. The first-order chi connectivity index (χ1) is 8.69. The molecule has 0 heterocycles. The Morgan fingerprint density at radius 3 is 2.26 bits per heavy atom. The molecule has 0 amide bonds. The van der Waals surface area contributed by atoms with Crippen LogP contribution in [0.2, 0.25) is 0 Å². The van der Waals surface area contributed by atoms with Gasteiger partial charge in [-0.1, -0.05) is 19.1 Å². The number of rotatable bonds is 5. The van der Waals surface area contributed by atoms with Gasteiger partial charge in [0.25, 0.3) is 0 Å². The van der Waals surface area contributed by atoms with Gasteiger partial charge in [-0.3, -0.25) is 0 Å². The van der Waals surface area contributed by atoms with E-state index in [2.05, 4.69) is 4.72 Å². The molecule has 1 rings (SSSR count). The molecule has 1 unspecified atom stereocenters. The maximum absolute atomic E-state index is 13.2. The van der Waals surface area contributed by atoms with Crippen LogP contribution in [0.5, 0.6) is 0 Å². The minimum Gasteiger partial charge on any atom is -0.392 e. The number of nitrogens with two attached hydrogens (primary N) is 1. The lowest BCUT2D eigenvalue weighted by molar-refractivity contribution is 0.570. The van der Waals surface area contributed by atoms with E-state index >= 15 is 0 Å². The van der Waals surface area contributed by atoms with Crippen molar-refractivity contribution in [2.75, 3.05) is 0 Å². The van der Waals surface area contributed by atoms with Crippen LogP contribution in [0, 0.1) is 19.7 Å². The average Bonchev–Trinajstić information content (AvgIpc) is 2.23. The number of aryl methyl sites for hydroxylation is 2. The summed E-state index contributed by atoms with van der Waals surface area (Å²) < 4.78 is 40.3. The Balaban J connectivity index is 3.25. The maximum atomic E-state index is 13.2. The van der Waals surface area contributed by atoms with E-state index in [-0.39, 0.29) is 9.88 Å².